The summed E-state index contributed by atoms with van der Waals surface area (Å²) in [6.45, 7) is 3.44. The fourth-order valence-corrected chi connectivity index (χ4v) is 1.61. The molecule has 6 nitrogen and oxygen atoms in total. The van der Waals surface area contributed by atoms with Crippen molar-refractivity contribution in [2.45, 2.75) is 19.3 Å². The van der Waals surface area contributed by atoms with Crippen LogP contribution in [0, 0.1) is 0 Å². The largest absolute Gasteiger partial charge is 0.481 e. The van der Waals surface area contributed by atoms with Crippen LogP contribution in [-0.2, 0) is 23.9 Å². The van der Waals surface area contributed by atoms with Gasteiger partial charge in [-0.1, -0.05) is 18.2 Å². The van der Waals surface area contributed by atoms with E-state index in [4.69, 9.17) is 5.11 Å². The van der Waals surface area contributed by atoms with Crippen molar-refractivity contribution in [2.24, 2.45) is 0 Å². The van der Waals surface area contributed by atoms with Gasteiger partial charge in [0, 0.05) is 0 Å². The van der Waals surface area contributed by atoms with Gasteiger partial charge >= 0.3 is 22.1 Å². The van der Waals surface area contributed by atoms with Gasteiger partial charge in [-0.25, -0.2) is 0 Å². The molecule has 0 aromatic heterocycles. The fourth-order valence-electron chi connectivity index (χ4n) is 0.805. The molecule has 0 aliphatic heterocycles. The van der Waals surface area contributed by atoms with Crippen molar-refractivity contribution < 1.29 is 27.3 Å². The molecule has 0 amide bonds. The van der Waals surface area contributed by atoms with Gasteiger partial charge in [-0.2, -0.15) is 8.42 Å². The molecule has 17 heavy (non-hydrogen) atoms. The third kappa shape index (κ3) is 9.31. The van der Waals surface area contributed by atoms with Crippen LogP contribution >= 0.6 is 0 Å². The minimum Gasteiger partial charge on any atom is -0.481 e. The van der Waals surface area contributed by atoms with Gasteiger partial charge in [0.15, 0.2) is 0 Å². The Bertz CT molecular complexity index is 407. The summed E-state index contributed by atoms with van der Waals surface area (Å²) in [7, 11) is -3.97. The van der Waals surface area contributed by atoms with E-state index in [1.165, 1.54) is 6.08 Å². The monoisotopic (exact) mass is 262 g/mol. The first kappa shape index (κ1) is 15.4. The van der Waals surface area contributed by atoms with Crippen molar-refractivity contribution in [3.05, 3.63) is 24.8 Å². The first-order valence-corrected chi connectivity index (χ1v) is 6.38. The summed E-state index contributed by atoms with van der Waals surface area (Å²) in [6, 6.07) is 0. The molecule has 0 unspecified atom stereocenters. The van der Waals surface area contributed by atoms with Gasteiger partial charge in [-0.05, 0) is 6.42 Å². The van der Waals surface area contributed by atoms with E-state index in [-0.39, 0.29) is 0 Å². The number of carboxylic acids is 1. The summed E-state index contributed by atoms with van der Waals surface area (Å²) in [5.74, 6) is -2.69. The highest BCUT2D eigenvalue weighted by molar-refractivity contribution is 7.87. The Kier molecular flexibility index (Phi) is 6.88. The molecule has 0 heterocycles. The number of aliphatic carboxylic acids is 1. The number of hydrogen-bond acceptors (Lipinski definition) is 5. The molecule has 0 fully saturated rings. The Labute approximate surface area is 99.7 Å². The smallest absolute Gasteiger partial charge is 0.322 e. The SMILES string of the molecule is C=CCC=CCS(=O)(=O)OC(=O)CCC(=O)O. The zero-order chi connectivity index (χ0) is 13.3. The topological polar surface area (TPSA) is 97.7 Å². The van der Waals surface area contributed by atoms with E-state index >= 15 is 0 Å². The molecule has 1 N–H and O–H groups in total. The van der Waals surface area contributed by atoms with Gasteiger partial charge in [0.25, 0.3) is 0 Å². The zero-order valence-corrected chi connectivity index (χ0v) is 9.98. The van der Waals surface area contributed by atoms with Gasteiger partial charge in [0.2, 0.25) is 0 Å². The van der Waals surface area contributed by atoms with Crippen LogP contribution in [0.25, 0.3) is 0 Å². The molecule has 7 heteroatoms. The van der Waals surface area contributed by atoms with Gasteiger partial charge < -0.3 is 9.29 Å². The highest BCUT2D eigenvalue weighted by atomic mass is 32.2. The normalized spacial score (nSPS) is 11.3. The molecule has 0 bridgehead atoms. The first-order chi connectivity index (χ1) is 7.87. The van der Waals surface area contributed by atoms with Crippen LogP contribution in [0.15, 0.2) is 24.8 Å². The van der Waals surface area contributed by atoms with Crippen molar-refractivity contribution in [3.8, 4) is 0 Å². The summed E-state index contributed by atoms with van der Waals surface area (Å²) in [5, 5.41) is 8.28. The highest BCUT2D eigenvalue weighted by Gasteiger charge is 2.16. The van der Waals surface area contributed by atoms with Gasteiger partial charge in [0.1, 0.15) is 5.75 Å². The minimum absolute atomic E-state index is 0.431. The predicted molar refractivity (Wildman–Crippen MR) is 60.7 cm³/mol. The number of rotatable bonds is 8. The molecule has 0 aliphatic rings. The molecule has 0 saturated heterocycles. The molecule has 0 aliphatic carbocycles. The Morgan fingerprint density at radius 2 is 1.88 bits per heavy atom. The summed E-state index contributed by atoms with van der Waals surface area (Å²) in [4.78, 5) is 21.1. The predicted octanol–water partition coefficient (Wildman–Crippen LogP) is 0.856. The van der Waals surface area contributed by atoms with Crippen LogP contribution in [0.4, 0.5) is 0 Å². The van der Waals surface area contributed by atoms with E-state index in [0.29, 0.717) is 6.42 Å². The van der Waals surface area contributed by atoms with E-state index in [9.17, 15) is 18.0 Å². The third-order valence-electron chi connectivity index (χ3n) is 1.53. The minimum atomic E-state index is -3.97. The molecule has 0 radical (unpaired) electrons. The quantitative estimate of drug-likeness (QED) is 0.514. The first-order valence-electron chi connectivity index (χ1n) is 4.80. The van der Waals surface area contributed by atoms with E-state index in [1.807, 2.05) is 0 Å². The average molecular weight is 262 g/mol. The van der Waals surface area contributed by atoms with E-state index < -0.39 is 40.7 Å². The van der Waals surface area contributed by atoms with Crippen molar-refractivity contribution in [3.63, 3.8) is 0 Å². The molecule has 0 saturated carbocycles. The lowest BCUT2D eigenvalue weighted by Gasteiger charge is -2.02. The summed E-state index contributed by atoms with van der Waals surface area (Å²) in [5.41, 5.74) is 0. The maximum absolute atomic E-state index is 11.2. The van der Waals surface area contributed by atoms with Crippen LogP contribution in [-0.4, -0.2) is 31.2 Å². The van der Waals surface area contributed by atoms with Crippen molar-refractivity contribution in [1.82, 2.24) is 0 Å². The molecule has 96 valence electrons. The molecule has 0 rings (SSSR count). The molecule has 0 spiro atoms. The summed E-state index contributed by atoms with van der Waals surface area (Å²) < 4.78 is 26.5. The molecular weight excluding hydrogens is 248 g/mol. The Morgan fingerprint density at radius 1 is 1.24 bits per heavy atom. The van der Waals surface area contributed by atoms with Crippen LogP contribution in [0.2, 0.25) is 0 Å². The Balaban J connectivity index is 4.12. The molecule has 0 aromatic rings. The van der Waals surface area contributed by atoms with E-state index in [0.717, 1.165) is 0 Å². The lowest BCUT2D eigenvalue weighted by molar-refractivity contribution is -0.142. The second-order valence-electron chi connectivity index (χ2n) is 3.07. The second-order valence-corrected chi connectivity index (χ2v) is 4.68. The number of allylic oxidation sites excluding steroid dienone is 2. The lowest BCUT2D eigenvalue weighted by Crippen LogP contribution is -2.16. The Morgan fingerprint density at radius 3 is 2.41 bits per heavy atom. The Hall–Kier alpha value is -1.63. The van der Waals surface area contributed by atoms with E-state index in [1.54, 1.807) is 12.2 Å². The number of carbonyl (C=O) groups is 2. The zero-order valence-electron chi connectivity index (χ0n) is 9.16. The third-order valence-corrected chi connectivity index (χ3v) is 2.57. The molecule has 0 atom stereocenters. The summed E-state index contributed by atoms with van der Waals surface area (Å²) in [6.07, 6.45) is 4.08. The number of carboxylic acid groups (broad SMARTS) is 1. The number of carbonyl (C=O) groups excluding carboxylic acids is 1. The van der Waals surface area contributed by atoms with Crippen LogP contribution in [0.1, 0.15) is 19.3 Å². The highest BCUT2D eigenvalue weighted by Crippen LogP contribution is 2.00. The van der Waals surface area contributed by atoms with Gasteiger partial charge in [0.05, 0.1) is 12.8 Å². The lowest BCUT2D eigenvalue weighted by atomic mass is 10.3. The number of hydrogen-bond donors (Lipinski definition) is 1. The maximum atomic E-state index is 11.2. The molecule has 0 aromatic carbocycles. The van der Waals surface area contributed by atoms with Crippen LogP contribution in [0.3, 0.4) is 0 Å². The van der Waals surface area contributed by atoms with E-state index in [2.05, 4.69) is 10.8 Å². The second kappa shape index (κ2) is 7.61. The maximum Gasteiger partial charge on any atom is 0.322 e. The van der Waals surface area contributed by atoms with Crippen LogP contribution < -0.4 is 0 Å². The van der Waals surface area contributed by atoms with Crippen LogP contribution in [0.5, 0.6) is 0 Å². The van der Waals surface area contributed by atoms with Crippen molar-refractivity contribution in [1.29, 1.82) is 0 Å². The van der Waals surface area contributed by atoms with Gasteiger partial charge in [-0.3, -0.25) is 9.59 Å². The average Bonchev–Trinajstić information content (AvgIpc) is 2.21. The fraction of sp³-hybridized carbons (Fsp3) is 0.400. The van der Waals surface area contributed by atoms with Gasteiger partial charge in [-0.15, -0.1) is 6.58 Å². The van der Waals surface area contributed by atoms with Crippen molar-refractivity contribution in [2.75, 3.05) is 5.75 Å². The molecular formula is C10H14O6S. The standard InChI is InChI=1S/C10H14O6S/c1-2-3-4-5-8-17(14,15)16-10(13)7-6-9(11)12/h2,4-5H,1,3,6-8H2,(H,11,12). The summed E-state index contributed by atoms with van der Waals surface area (Å²) >= 11 is 0. The van der Waals surface area contributed by atoms with Crippen molar-refractivity contribution >= 4 is 22.1 Å².